The highest BCUT2D eigenvalue weighted by atomic mass is 32.1. The van der Waals surface area contributed by atoms with Gasteiger partial charge in [0, 0.05) is 29.9 Å². The van der Waals surface area contributed by atoms with Crippen LogP contribution in [-0.4, -0.2) is 28.6 Å². The lowest BCUT2D eigenvalue weighted by Crippen LogP contribution is -2.57. The number of aryl methyl sites for hydroxylation is 1. The second kappa shape index (κ2) is 7.30. The van der Waals surface area contributed by atoms with Gasteiger partial charge in [-0.1, -0.05) is 18.2 Å². The molecule has 3 nitrogen and oxygen atoms in total. The molecule has 0 aromatic heterocycles. The van der Waals surface area contributed by atoms with Crippen molar-refractivity contribution in [3.63, 3.8) is 0 Å². The molecular formula is C13H22O3SSi. The van der Waals surface area contributed by atoms with Crippen molar-refractivity contribution in [2.24, 2.45) is 0 Å². The number of rotatable bonds is 7. The number of thiol groups is 1. The first-order valence-electron chi connectivity index (χ1n) is 6.32. The number of benzene rings is 1. The van der Waals surface area contributed by atoms with Crippen LogP contribution in [0.2, 0.25) is 0 Å². The fourth-order valence-corrected chi connectivity index (χ4v) is 5.04. The highest BCUT2D eigenvalue weighted by Gasteiger charge is 2.44. The molecule has 0 N–H and O–H groups in total. The lowest BCUT2D eigenvalue weighted by molar-refractivity contribution is 0.0854. The minimum atomic E-state index is -2.82. The van der Waals surface area contributed by atoms with E-state index in [0.29, 0.717) is 19.8 Å². The van der Waals surface area contributed by atoms with Crippen LogP contribution in [0.5, 0.6) is 0 Å². The average molecular weight is 286 g/mol. The molecule has 0 fully saturated rings. The van der Waals surface area contributed by atoms with Gasteiger partial charge in [-0.3, -0.25) is 0 Å². The van der Waals surface area contributed by atoms with Crippen molar-refractivity contribution in [1.82, 2.24) is 0 Å². The zero-order valence-electron chi connectivity index (χ0n) is 11.5. The summed E-state index contributed by atoms with van der Waals surface area (Å²) >= 11 is 4.58. The second-order valence-electron chi connectivity index (χ2n) is 3.83. The Bertz CT molecular complexity index is 367. The van der Waals surface area contributed by atoms with E-state index in [1.807, 2.05) is 45.9 Å². The van der Waals surface area contributed by atoms with E-state index in [9.17, 15) is 0 Å². The quantitative estimate of drug-likeness (QED) is 0.616. The van der Waals surface area contributed by atoms with Crippen LogP contribution < -0.4 is 5.19 Å². The molecule has 0 radical (unpaired) electrons. The molecule has 0 bridgehead atoms. The molecule has 0 amide bonds. The van der Waals surface area contributed by atoms with Gasteiger partial charge in [0.15, 0.2) is 0 Å². The third kappa shape index (κ3) is 3.36. The van der Waals surface area contributed by atoms with Crippen molar-refractivity contribution in [3.8, 4) is 0 Å². The van der Waals surface area contributed by atoms with Crippen LogP contribution in [0.1, 0.15) is 26.3 Å². The second-order valence-corrected chi connectivity index (χ2v) is 6.79. The van der Waals surface area contributed by atoms with Crippen molar-refractivity contribution in [2.45, 2.75) is 32.6 Å². The first-order chi connectivity index (χ1) is 8.61. The van der Waals surface area contributed by atoms with E-state index in [4.69, 9.17) is 13.3 Å². The maximum Gasteiger partial charge on any atom is 0.538 e. The third-order valence-corrected chi connectivity index (χ3v) is 6.46. The average Bonchev–Trinajstić information content (AvgIpc) is 2.33. The molecule has 0 saturated heterocycles. The molecule has 1 aromatic carbocycles. The van der Waals surface area contributed by atoms with E-state index in [2.05, 4.69) is 12.6 Å². The monoisotopic (exact) mass is 286 g/mol. The van der Waals surface area contributed by atoms with Gasteiger partial charge in [0.05, 0.1) is 0 Å². The van der Waals surface area contributed by atoms with Crippen molar-refractivity contribution < 1.29 is 13.3 Å². The summed E-state index contributed by atoms with van der Waals surface area (Å²) in [5.74, 6) is 0. The first-order valence-corrected chi connectivity index (χ1v) is 8.49. The van der Waals surface area contributed by atoms with Crippen molar-refractivity contribution in [1.29, 1.82) is 0 Å². The summed E-state index contributed by atoms with van der Waals surface area (Å²) in [5, 5.41) is 0.955. The molecule has 1 aromatic rings. The van der Waals surface area contributed by atoms with E-state index in [0.717, 1.165) is 15.6 Å². The summed E-state index contributed by atoms with van der Waals surface area (Å²) in [4.78, 5) is 0.902. The predicted molar refractivity (Wildman–Crippen MR) is 78.7 cm³/mol. The molecule has 5 heteroatoms. The van der Waals surface area contributed by atoms with Crippen molar-refractivity contribution in [3.05, 3.63) is 23.8 Å². The Hall–Kier alpha value is -0.333. The zero-order valence-corrected chi connectivity index (χ0v) is 13.4. The molecule has 0 aliphatic heterocycles. The van der Waals surface area contributed by atoms with Gasteiger partial charge in [-0.15, -0.1) is 12.6 Å². The van der Waals surface area contributed by atoms with E-state index in [-0.39, 0.29) is 0 Å². The maximum atomic E-state index is 5.88. The summed E-state index contributed by atoms with van der Waals surface area (Å²) in [6, 6.07) is 6.00. The lowest BCUT2D eigenvalue weighted by atomic mass is 10.2. The van der Waals surface area contributed by atoms with Crippen LogP contribution in [0.4, 0.5) is 0 Å². The maximum absolute atomic E-state index is 5.88. The Kier molecular flexibility index (Phi) is 6.38. The predicted octanol–water partition coefficient (Wildman–Crippen LogP) is 2.54. The van der Waals surface area contributed by atoms with E-state index >= 15 is 0 Å². The highest BCUT2D eigenvalue weighted by Crippen LogP contribution is 2.18. The molecule has 0 heterocycles. The topological polar surface area (TPSA) is 27.7 Å². The van der Waals surface area contributed by atoms with E-state index < -0.39 is 8.80 Å². The van der Waals surface area contributed by atoms with Crippen LogP contribution in [0.3, 0.4) is 0 Å². The van der Waals surface area contributed by atoms with Gasteiger partial charge in [-0.2, -0.15) is 0 Å². The van der Waals surface area contributed by atoms with Gasteiger partial charge in [-0.05, 0) is 33.3 Å². The van der Waals surface area contributed by atoms with Crippen LogP contribution in [0, 0.1) is 6.92 Å². The molecule has 0 atom stereocenters. The third-order valence-electron chi connectivity index (χ3n) is 2.57. The fraction of sp³-hybridized carbons (Fsp3) is 0.538. The van der Waals surface area contributed by atoms with Gasteiger partial charge in [0.2, 0.25) is 0 Å². The smallest absolute Gasteiger partial charge is 0.370 e. The largest absolute Gasteiger partial charge is 0.538 e. The molecule has 0 aliphatic carbocycles. The van der Waals surface area contributed by atoms with E-state index in [1.165, 1.54) is 0 Å². The van der Waals surface area contributed by atoms with Gasteiger partial charge < -0.3 is 13.3 Å². The molecular weight excluding hydrogens is 264 g/mol. The van der Waals surface area contributed by atoms with E-state index in [1.54, 1.807) is 0 Å². The molecule has 102 valence electrons. The van der Waals surface area contributed by atoms with Gasteiger partial charge in [-0.25, -0.2) is 0 Å². The molecule has 0 saturated carbocycles. The van der Waals surface area contributed by atoms with Gasteiger partial charge in [0.25, 0.3) is 0 Å². The molecule has 0 aliphatic rings. The summed E-state index contributed by atoms with van der Waals surface area (Å²) < 4.78 is 17.6. The van der Waals surface area contributed by atoms with Crippen LogP contribution >= 0.6 is 12.6 Å². The number of hydrogen-bond donors (Lipinski definition) is 1. The summed E-state index contributed by atoms with van der Waals surface area (Å²) in [6.07, 6.45) is 0. The van der Waals surface area contributed by atoms with Crippen molar-refractivity contribution >= 4 is 26.6 Å². The van der Waals surface area contributed by atoms with Gasteiger partial charge in [0.1, 0.15) is 0 Å². The van der Waals surface area contributed by atoms with Gasteiger partial charge >= 0.3 is 8.80 Å². The Morgan fingerprint density at radius 3 is 1.94 bits per heavy atom. The van der Waals surface area contributed by atoms with Crippen LogP contribution in [0.25, 0.3) is 0 Å². The van der Waals surface area contributed by atoms with Crippen LogP contribution in [-0.2, 0) is 13.3 Å². The lowest BCUT2D eigenvalue weighted by Gasteiger charge is -2.29. The Balaban J connectivity index is 3.25. The molecule has 0 unspecified atom stereocenters. The Morgan fingerprint density at radius 2 is 1.50 bits per heavy atom. The fourth-order valence-electron chi connectivity index (χ4n) is 1.83. The SMILES string of the molecule is CCO[Si](OCC)(OCC)c1cccc(C)c1S. The Morgan fingerprint density at radius 1 is 1.00 bits per heavy atom. The normalized spacial score (nSPS) is 11.8. The summed E-state index contributed by atoms with van der Waals surface area (Å²) in [6.45, 7) is 9.57. The minimum absolute atomic E-state index is 0.563. The first kappa shape index (κ1) is 15.7. The number of hydrogen-bond acceptors (Lipinski definition) is 4. The van der Waals surface area contributed by atoms with Crippen molar-refractivity contribution in [2.75, 3.05) is 19.8 Å². The molecule has 18 heavy (non-hydrogen) atoms. The zero-order chi connectivity index (χ0) is 13.6. The standard InChI is InChI=1S/C13H22O3SSi/c1-5-14-18(15-6-2,16-7-3)12-10-8-9-11(4)13(12)17/h8-10,17H,5-7H2,1-4H3. The Labute approximate surface area is 116 Å². The highest BCUT2D eigenvalue weighted by molar-refractivity contribution is 7.80. The summed E-state index contributed by atoms with van der Waals surface area (Å²) in [5.41, 5.74) is 1.10. The molecule has 1 rings (SSSR count). The summed E-state index contributed by atoms with van der Waals surface area (Å²) in [7, 11) is -2.82. The van der Waals surface area contributed by atoms with Crippen LogP contribution in [0.15, 0.2) is 23.1 Å². The molecule has 0 spiro atoms. The minimum Gasteiger partial charge on any atom is -0.370 e.